The number of carbonyl (C=O) groups excluding carboxylic acids is 1. The number of nitrogens with zero attached hydrogens (tertiary/aromatic N) is 3. The lowest BCUT2D eigenvalue weighted by Crippen LogP contribution is -2.35. The molecule has 5 nitrogen and oxygen atoms in total. The summed E-state index contributed by atoms with van der Waals surface area (Å²) in [4.78, 5) is 31.3. The summed E-state index contributed by atoms with van der Waals surface area (Å²) in [7, 11) is 1.81. The fraction of sp³-hybridized carbons (Fsp3) is 0.500. The minimum absolute atomic E-state index is 0.0736. The summed E-state index contributed by atoms with van der Waals surface area (Å²) in [5.74, 6) is 0.612. The molecule has 0 unspecified atom stereocenters. The molecule has 1 amide bonds. The largest absolute Gasteiger partial charge is 0.370 e. The van der Waals surface area contributed by atoms with Gasteiger partial charge >= 0.3 is 0 Å². The molecule has 2 aromatic rings. The number of amides is 1. The average molecular weight is 484 g/mol. The van der Waals surface area contributed by atoms with Crippen LogP contribution in [0.1, 0.15) is 57.9 Å². The highest BCUT2D eigenvalue weighted by Gasteiger charge is 2.33. The SMILES string of the molecule is CCCCCCN1C(=O)C(=Cc2c(N3CCC(C)CC3)c3ccccc3n(C)c2=O)SC1=S. The van der Waals surface area contributed by atoms with E-state index >= 15 is 0 Å². The summed E-state index contributed by atoms with van der Waals surface area (Å²) in [6.07, 6.45) is 8.36. The number of hydrogen-bond donors (Lipinski definition) is 0. The first-order chi connectivity index (χ1) is 15.9. The minimum Gasteiger partial charge on any atom is -0.370 e. The van der Waals surface area contributed by atoms with Crippen molar-refractivity contribution in [1.82, 2.24) is 9.47 Å². The Bertz CT molecular complexity index is 1150. The number of para-hydroxylation sites is 1. The number of hydrogen-bond acceptors (Lipinski definition) is 5. The van der Waals surface area contributed by atoms with Gasteiger partial charge in [-0.3, -0.25) is 14.5 Å². The van der Waals surface area contributed by atoms with E-state index < -0.39 is 0 Å². The van der Waals surface area contributed by atoms with Gasteiger partial charge in [-0.15, -0.1) is 0 Å². The van der Waals surface area contributed by atoms with E-state index in [0.717, 1.165) is 68.2 Å². The van der Waals surface area contributed by atoms with E-state index in [2.05, 4.69) is 24.8 Å². The van der Waals surface area contributed by atoms with E-state index in [9.17, 15) is 9.59 Å². The van der Waals surface area contributed by atoms with Crippen LogP contribution in [0.2, 0.25) is 0 Å². The van der Waals surface area contributed by atoms with Crippen LogP contribution in [0.15, 0.2) is 34.0 Å². The first-order valence-corrected chi connectivity index (χ1v) is 13.3. The summed E-state index contributed by atoms with van der Waals surface area (Å²) < 4.78 is 2.29. The maximum atomic E-state index is 13.5. The zero-order valence-corrected chi connectivity index (χ0v) is 21.4. The Morgan fingerprint density at radius 1 is 1.12 bits per heavy atom. The van der Waals surface area contributed by atoms with Gasteiger partial charge in [-0.05, 0) is 37.3 Å². The molecule has 0 bridgehead atoms. The Balaban J connectivity index is 1.76. The van der Waals surface area contributed by atoms with Gasteiger partial charge in [0.15, 0.2) is 0 Å². The number of unbranched alkanes of at least 4 members (excludes halogenated alkanes) is 3. The number of thioether (sulfide) groups is 1. The highest BCUT2D eigenvalue weighted by molar-refractivity contribution is 8.26. The van der Waals surface area contributed by atoms with Crippen LogP contribution < -0.4 is 10.5 Å². The van der Waals surface area contributed by atoms with E-state index in [1.807, 2.05) is 25.2 Å². The number of fused-ring (bicyclic) bond motifs is 1. The first kappa shape index (κ1) is 24.0. The van der Waals surface area contributed by atoms with Crippen molar-refractivity contribution in [2.24, 2.45) is 13.0 Å². The number of rotatable bonds is 7. The second kappa shape index (κ2) is 10.4. The Hall–Kier alpha value is -2.12. The molecule has 2 aliphatic heterocycles. The molecule has 0 atom stereocenters. The molecular weight excluding hydrogens is 450 g/mol. The normalized spacial score (nSPS) is 18.8. The zero-order chi connectivity index (χ0) is 23.5. The Kier molecular flexibility index (Phi) is 7.59. The van der Waals surface area contributed by atoms with Gasteiger partial charge in [0, 0.05) is 32.1 Å². The van der Waals surface area contributed by atoms with Gasteiger partial charge in [0.1, 0.15) is 4.32 Å². The molecule has 2 aliphatic rings. The first-order valence-electron chi connectivity index (χ1n) is 12.0. The summed E-state index contributed by atoms with van der Waals surface area (Å²) in [5, 5.41) is 1.05. The number of anilines is 1. The van der Waals surface area contributed by atoms with Crippen molar-refractivity contribution in [3.05, 3.63) is 45.1 Å². The third-order valence-corrected chi connectivity index (χ3v) is 8.17. The number of thiocarbonyl (C=S) groups is 1. The predicted octanol–water partition coefficient (Wildman–Crippen LogP) is 5.56. The molecule has 7 heteroatoms. The number of aryl methyl sites for hydroxylation is 1. The topological polar surface area (TPSA) is 45.6 Å². The Labute approximate surface area is 205 Å². The van der Waals surface area contributed by atoms with Gasteiger partial charge in [0.25, 0.3) is 11.5 Å². The molecule has 1 aromatic carbocycles. The van der Waals surface area contributed by atoms with Crippen molar-refractivity contribution >= 4 is 56.9 Å². The van der Waals surface area contributed by atoms with Crippen molar-refractivity contribution in [1.29, 1.82) is 0 Å². The van der Waals surface area contributed by atoms with E-state index in [4.69, 9.17) is 12.2 Å². The van der Waals surface area contributed by atoms with E-state index in [0.29, 0.717) is 27.3 Å². The molecule has 4 rings (SSSR count). The molecule has 33 heavy (non-hydrogen) atoms. The van der Waals surface area contributed by atoms with Gasteiger partial charge in [0.05, 0.1) is 21.7 Å². The fourth-order valence-electron chi connectivity index (χ4n) is 4.73. The zero-order valence-electron chi connectivity index (χ0n) is 19.8. The van der Waals surface area contributed by atoms with Gasteiger partial charge in [-0.1, -0.05) is 75.3 Å². The standard InChI is InChI=1S/C26H33N3O2S2/c1-4-5-6-9-14-29-25(31)22(33-26(29)32)17-20-23(28-15-12-18(2)13-16-28)19-10-7-8-11-21(19)27(3)24(20)30/h7-8,10-11,17-18H,4-6,9,12-16H2,1-3H3. The number of carbonyl (C=O) groups is 1. The number of piperidine rings is 1. The molecule has 0 spiro atoms. The third kappa shape index (κ3) is 4.90. The van der Waals surface area contributed by atoms with Crippen molar-refractivity contribution in [3.63, 3.8) is 0 Å². The fourth-order valence-corrected chi connectivity index (χ4v) is 6.02. The van der Waals surface area contributed by atoms with Crippen molar-refractivity contribution in [2.75, 3.05) is 24.5 Å². The summed E-state index contributed by atoms with van der Waals surface area (Å²) in [6, 6.07) is 8.06. The van der Waals surface area contributed by atoms with Crippen LogP contribution in [0.3, 0.4) is 0 Å². The second-order valence-electron chi connectivity index (χ2n) is 9.21. The van der Waals surface area contributed by atoms with Crippen molar-refractivity contribution in [3.8, 4) is 0 Å². The maximum absolute atomic E-state index is 13.5. The Morgan fingerprint density at radius 3 is 2.58 bits per heavy atom. The quantitative estimate of drug-likeness (QED) is 0.293. The smallest absolute Gasteiger partial charge is 0.266 e. The molecule has 2 saturated heterocycles. The van der Waals surface area contributed by atoms with Crippen LogP contribution in [0.5, 0.6) is 0 Å². The summed E-state index contributed by atoms with van der Waals surface area (Å²) in [5.41, 5.74) is 2.39. The van der Waals surface area contributed by atoms with Crippen LogP contribution in [0.4, 0.5) is 5.69 Å². The minimum atomic E-state index is -0.0741. The molecule has 0 radical (unpaired) electrons. The van der Waals surface area contributed by atoms with Crippen LogP contribution in [0, 0.1) is 5.92 Å². The lowest BCUT2D eigenvalue weighted by Gasteiger charge is -2.34. The molecule has 0 N–H and O–H groups in total. The van der Waals surface area contributed by atoms with Gasteiger partial charge in [0.2, 0.25) is 0 Å². The van der Waals surface area contributed by atoms with E-state index in [-0.39, 0.29) is 11.5 Å². The van der Waals surface area contributed by atoms with Crippen molar-refractivity contribution in [2.45, 2.75) is 52.4 Å². The van der Waals surface area contributed by atoms with Gasteiger partial charge in [-0.25, -0.2) is 0 Å². The van der Waals surface area contributed by atoms with Gasteiger partial charge in [-0.2, -0.15) is 0 Å². The molecule has 0 saturated carbocycles. The lowest BCUT2D eigenvalue weighted by atomic mass is 9.97. The lowest BCUT2D eigenvalue weighted by molar-refractivity contribution is -0.122. The molecule has 0 aliphatic carbocycles. The van der Waals surface area contributed by atoms with Crippen LogP contribution >= 0.6 is 24.0 Å². The van der Waals surface area contributed by atoms with Gasteiger partial charge < -0.3 is 9.47 Å². The highest BCUT2D eigenvalue weighted by Crippen LogP contribution is 2.37. The second-order valence-corrected chi connectivity index (χ2v) is 10.9. The predicted molar refractivity (Wildman–Crippen MR) is 144 cm³/mol. The number of pyridine rings is 1. The Morgan fingerprint density at radius 2 is 1.85 bits per heavy atom. The molecule has 3 heterocycles. The van der Waals surface area contributed by atoms with E-state index in [1.165, 1.54) is 11.8 Å². The molecular formula is C26H33N3O2S2. The molecule has 1 aromatic heterocycles. The summed E-state index contributed by atoms with van der Waals surface area (Å²) in [6.45, 7) is 6.93. The highest BCUT2D eigenvalue weighted by atomic mass is 32.2. The molecule has 2 fully saturated rings. The summed E-state index contributed by atoms with van der Waals surface area (Å²) >= 11 is 6.85. The average Bonchev–Trinajstić information content (AvgIpc) is 3.08. The monoisotopic (exact) mass is 483 g/mol. The van der Waals surface area contributed by atoms with Crippen LogP contribution in [-0.4, -0.2) is 39.3 Å². The van der Waals surface area contributed by atoms with E-state index in [1.54, 1.807) is 15.5 Å². The molecule has 176 valence electrons. The van der Waals surface area contributed by atoms with Crippen molar-refractivity contribution < 1.29 is 4.79 Å². The number of benzene rings is 1. The maximum Gasteiger partial charge on any atom is 0.266 e. The van der Waals surface area contributed by atoms with Crippen LogP contribution in [-0.2, 0) is 11.8 Å². The van der Waals surface area contributed by atoms with Crippen LogP contribution in [0.25, 0.3) is 17.0 Å². The number of aromatic nitrogens is 1. The third-order valence-electron chi connectivity index (χ3n) is 6.79.